The number of hydrogen-bond acceptors (Lipinski definition) is 2. The summed E-state index contributed by atoms with van der Waals surface area (Å²) in [6, 6.07) is 13.4. The van der Waals surface area contributed by atoms with Crippen LogP contribution in [0.2, 0.25) is 0 Å². The van der Waals surface area contributed by atoms with Gasteiger partial charge in [0.05, 0.1) is 12.6 Å². The second kappa shape index (κ2) is 8.70. The van der Waals surface area contributed by atoms with Gasteiger partial charge in [0.25, 0.3) is 0 Å². The molecule has 0 spiro atoms. The fraction of sp³-hybridized carbons (Fsp3) is 0.188. The van der Waals surface area contributed by atoms with Crippen molar-refractivity contribution < 1.29 is 9.50 Å². The Labute approximate surface area is 146 Å². The summed E-state index contributed by atoms with van der Waals surface area (Å²) in [5.74, 6) is -0.116. The zero-order valence-electron chi connectivity index (χ0n) is 12.2. The number of guanidine groups is 1. The quantitative estimate of drug-likeness (QED) is 0.408. The normalized spacial score (nSPS) is 12.4. The minimum atomic E-state index is -0.816. The van der Waals surface area contributed by atoms with Crippen LogP contribution in [-0.4, -0.2) is 17.6 Å². The van der Waals surface area contributed by atoms with Crippen molar-refractivity contribution in [2.24, 2.45) is 10.7 Å². The molecule has 2 aromatic carbocycles. The van der Waals surface area contributed by atoms with Crippen molar-refractivity contribution in [2.45, 2.75) is 13.0 Å². The van der Waals surface area contributed by atoms with E-state index in [0.29, 0.717) is 5.56 Å². The molecule has 0 aliphatic heterocycles. The van der Waals surface area contributed by atoms with E-state index in [0.717, 1.165) is 11.3 Å². The average Bonchev–Trinajstić information content (AvgIpc) is 2.48. The smallest absolute Gasteiger partial charge is 0.193 e. The molecule has 0 bridgehead atoms. The molecule has 4 N–H and O–H groups in total. The van der Waals surface area contributed by atoms with E-state index in [1.165, 1.54) is 24.3 Å². The Balaban J connectivity index is 0.00000242. The predicted molar refractivity (Wildman–Crippen MR) is 98.1 cm³/mol. The molecule has 0 fully saturated rings. The second-order valence-electron chi connectivity index (χ2n) is 4.78. The number of aliphatic hydroxyl groups is 1. The molecule has 1 unspecified atom stereocenters. The van der Waals surface area contributed by atoms with Crippen molar-refractivity contribution in [2.75, 3.05) is 11.9 Å². The number of aryl methyl sites for hydroxylation is 1. The van der Waals surface area contributed by atoms with Gasteiger partial charge in [-0.05, 0) is 36.8 Å². The molecular weight excluding hydrogens is 396 g/mol. The third kappa shape index (κ3) is 5.61. The van der Waals surface area contributed by atoms with E-state index in [9.17, 15) is 9.50 Å². The van der Waals surface area contributed by atoms with Crippen LogP contribution in [0.3, 0.4) is 0 Å². The summed E-state index contributed by atoms with van der Waals surface area (Å²) in [5, 5.41) is 12.9. The van der Waals surface area contributed by atoms with Crippen molar-refractivity contribution in [1.29, 1.82) is 0 Å². The van der Waals surface area contributed by atoms with Gasteiger partial charge in [-0.2, -0.15) is 0 Å². The van der Waals surface area contributed by atoms with Crippen molar-refractivity contribution in [3.8, 4) is 0 Å². The van der Waals surface area contributed by atoms with E-state index in [1.807, 2.05) is 31.2 Å². The van der Waals surface area contributed by atoms with Gasteiger partial charge in [0, 0.05) is 5.69 Å². The predicted octanol–water partition coefficient (Wildman–Crippen LogP) is 3.21. The van der Waals surface area contributed by atoms with Gasteiger partial charge in [-0.3, -0.25) is 4.99 Å². The summed E-state index contributed by atoms with van der Waals surface area (Å²) in [6.07, 6.45) is -0.816. The molecule has 118 valence electrons. The van der Waals surface area contributed by atoms with Gasteiger partial charge in [0.1, 0.15) is 5.82 Å². The standard InChI is InChI=1S/C16H18FN3O.HI/c1-11-2-8-14(9-3-11)20-16(18)19-10-15(21)12-4-6-13(17)7-5-12;/h2-9,15,21H,10H2,1H3,(H3,18,19,20);1H. The molecule has 1 atom stereocenters. The van der Waals surface area contributed by atoms with E-state index in [-0.39, 0.29) is 42.3 Å². The molecule has 2 aromatic rings. The summed E-state index contributed by atoms with van der Waals surface area (Å²) in [5.41, 5.74) is 8.35. The number of rotatable bonds is 4. The first-order chi connectivity index (χ1) is 10.0. The van der Waals surface area contributed by atoms with Crippen molar-refractivity contribution in [3.05, 3.63) is 65.5 Å². The van der Waals surface area contributed by atoms with Gasteiger partial charge in [-0.25, -0.2) is 4.39 Å². The van der Waals surface area contributed by atoms with Crippen molar-refractivity contribution in [1.82, 2.24) is 0 Å². The van der Waals surface area contributed by atoms with E-state index in [4.69, 9.17) is 5.73 Å². The summed E-state index contributed by atoms with van der Waals surface area (Å²) in [4.78, 5) is 4.08. The highest BCUT2D eigenvalue weighted by Gasteiger charge is 2.07. The van der Waals surface area contributed by atoms with Gasteiger partial charge < -0.3 is 16.2 Å². The molecule has 0 aromatic heterocycles. The highest BCUT2D eigenvalue weighted by molar-refractivity contribution is 14.0. The molecule has 6 heteroatoms. The van der Waals surface area contributed by atoms with Crippen LogP contribution >= 0.6 is 24.0 Å². The number of aliphatic imine (C=N–C) groups is 1. The minimum Gasteiger partial charge on any atom is -0.386 e. The highest BCUT2D eigenvalue weighted by Crippen LogP contribution is 2.14. The highest BCUT2D eigenvalue weighted by atomic mass is 127. The topological polar surface area (TPSA) is 70.6 Å². The Morgan fingerprint density at radius 1 is 1.18 bits per heavy atom. The third-order valence-electron chi connectivity index (χ3n) is 3.01. The van der Waals surface area contributed by atoms with Crippen LogP contribution in [0.5, 0.6) is 0 Å². The fourth-order valence-corrected chi connectivity index (χ4v) is 1.80. The maximum Gasteiger partial charge on any atom is 0.193 e. The summed E-state index contributed by atoms with van der Waals surface area (Å²) < 4.78 is 12.8. The lowest BCUT2D eigenvalue weighted by atomic mass is 10.1. The number of hydrogen-bond donors (Lipinski definition) is 3. The van der Waals surface area contributed by atoms with Gasteiger partial charge >= 0.3 is 0 Å². The van der Waals surface area contributed by atoms with Crippen LogP contribution in [0.4, 0.5) is 10.1 Å². The molecule has 0 aliphatic carbocycles. The van der Waals surface area contributed by atoms with Gasteiger partial charge in [0.15, 0.2) is 5.96 Å². The first kappa shape index (κ1) is 18.4. The van der Waals surface area contributed by atoms with Crippen molar-refractivity contribution >= 4 is 35.6 Å². The van der Waals surface area contributed by atoms with Crippen LogP contribution in [0.1, 0.15) is 17.2 Å². The molecule has 2 rings (SSSR count). The molecule has 0 aliphatic rings. The zero-order valence-corrected chi connectivity index (χ0v) is 14.5. The van der Waals surface area contributed by atoms with E-state index in [2.05, 4.69) is 10.3 Å². The average molecular weight is 415 g/mol. The molecule has 0 saturated carbocycles. The molecule has 22 heavy (non-hydrogen) atoms. The summed E-state index contributed by atoms with van der Waals surface area (Å²) in [6.45, 7) is 2.11. The van der Waals surface area contributed by atoms with Crippen LogP contribution < -0.4 is 11.1 Å². The molecule has 0 amide bonds. The van der Waals surface area contributed by atoms with Crippen LogP contribution in [0, 0.1) is 12.7 Å². The Hall–Kier alpha value is -1.67. The monoisotopic (exact) mass is 415 g/mol. The van der Waals surface area contributed by atoms with Crippen LogP contribution in [-0.2, 0) is 0 Å². The van der Waals surface area contributed by atoms with Gasteiger partial charge in [-0.15, -0.1) is 24.0 Å². The zero-order chi connectivity index (χ0) is 15.2. The van der Waals surface area contributed by atoms with E-state index in [1.54, 1.807) is 0 Å². The first-order valence-corrected chi connectivity index (χ1v) is 6.62. The third-order valence-corrected chi connectivity index (χ3v) is 3.01. The number of nitrogens with two attached hydrogens (primary N) is 1. The molecule has 4 nitrogen and oxygen atoms in total. The Kier molecular flexibility index (Phi) is 7.26. The molecule has 0 radical (unpaired) electrons. The van der Waals surface area contributed by atoms with E-state index >= 15 is 0 Å². The Morgan fingerprint density at radius 2 is 1.77 bits per heavy atom. The summed E-state index contributed by atoms with van der Waals surface area (Å²) in [7, 11) is 0. The largest absolute Gasteiger partial charge is 0.386 e. The van der Waals surface area contributed by atoms with Gasteiger partial charge in [-0.1, -0.05) is 29.8 Å². The number of benzene rings is 2. The summed E-state index contributed by atoms with van der Waals surface area (Å²) >= 11 is 0. The minimum absolute atomic E-state index is 0. The van der Waals surface area contributed by atoms with E-state index < -0.39 is 6.10 Å². The molecule has 0 heterocycles. The maximum absolute atomic E-state index is 12.8. The van der Waals surface area contributed by atoms with Gasteiger partial charge in [0.2, 0.25) is 0 Å². The Bertz CT molecular complexity index is 614. The lowest BCUT2D eigenvalue weighted by molar-refractivity contribution is 0.187. The lowest BCUT2D eigenvalue weighted by Gasteiger charge is -2.10. The molecular formula is C16H19FIN3O. The maximum atomic E-state index is 12.8. The lowest BCUT2D eigenvalue weighted by Crippen LogP contribution is -2.23. The number of nitrogens with zero attached hydrogens (tertiary/aromatic N) is 1. The SMILES string of the molecule is Cc1ccc(NC(N)=NCC(O)c2ccc(F)cc2)cc1.I. The van der Waals surface area contributed by atoms with Crippen LogP contribution in [0.25, 0.3) is 0 Å². The van der Waals surface area contributed by atoms with Crippen molar-refractivity contribution in [3.63, 3.8) is 0 Å². The number of nitrogens with one attached hydrogen (secondary N) is 1. The first-order valence-electron chi connectivity index (χ1n) is 6.62. The molecule has 0 saturated heterocycles. The number of aliphatic hydroxyl groups excluding tert-OH is 1. The second-order valence-corrected chi connectivity index (χ2v) is 4.78. The fourth-order valence-electron chi connectivity index (χ4n) is 1.80. The Morgan fingerprint density at radius 3 is 2.36 bits per heavy atom. The number of anilines is 1. The number of halogens is 2. The van der Waals surface area contributed by atoms with Crippen LogP contribution in [0.15, 0.2) is 53.5 Å².